The molecule has 0 aliphatic carbocycles. The Morgan fingerprint density at radius 1 is 1.14 bits per heavy atom. The van der Waals surface area contributed by atoms with Crippen molar-refractivity contribution in [3.05, 3.63) is 59.2 Å². The first-order chi connectivity index (χ1) is 17.1. The van der Waals surface area contributed by atoms with E-state index in [1.165, 1.54) is 19.2 Å². The average Bonchev–Trinajstić information content (AvgIpc) is 2.86. The Kier molecular flexibility index (Phi) is 7.21. The van der Waals surface area contributed by atoms with Crippen LogP contribution in [0.2, 0.25) is 0 Å². The van der Waals surface area contributed by atoms with E-state index in [1.54, 1.807) is 18.0 Å². The maximum Gasteiger partial charge on any atom is 0.416 e. The normalized spacial score (nSPS) is 21.9. The summed E-state index contributed by atoms with van der Waals surface area (Å²) in [5, 5.41) is 2.61. The van der Waals surface area contributed by atoms with Crippen LogP contribution in [0.5, 0.6) is 5.75 Å². The summed E-state index contributed by atoms with van der Waals surface area (Å²) in [6, 6.07) is 8.12. The zero-order chi connectivity index (χ0) is 26.0. The van der Waals surface area contributed by atoms with E-state index >= 15 is 0 Å². The fourth-order valence-corrected chi connectivity index (χ4v) is 4.39. The van der Waals surface area contributed by atoms with Crippen molar-refractivity contribution in [3.63, 3.8) is 0 Å². The van der Waals surface area contributed by atoms with Gasteiger partial charge in [-0.15, -0.1) is 0 Å². The first-order valence-electron chi connectivity index (χ1n) is 11.3. The Labute approximate surface area is 205 Å². The van der Waals surface area contributed by atoms with Crippen molar-refractivity contribution in [2.24, 2.45) is 0 Å². The molecule has 2 heterocycles. The second kappa shape index (κ2) is 10.2. The van der Waals surface area contributed by atoms with Crippen LogP contribution in [-0.2, 0) is 20.4 Å². The number of fused-ring (bicyclic) bond motifs is 2. The third kappa shape index (κ3) is 5.46. The Bertz CT molecular complexity index is 1150. The van der Waals surface area contributed by atoms with Gasteiger partial charge in [0.15, 0.2) is 0 Å². The highest BCUT2D eigenvalue weighted by Gasteiger charge is 2.39. The van der Waals surface area contributed by atoms with Gasteiger partial charge in [0.2, 0.25) is 0 Å². The molecule has 1 saturated heterocycles. The summed E-state index contributed by atoms with van der Waals surface area (Å²) in [6.07, 6.45) is -3.96. The van der Waals surface area contributed by atoms with E-state index in [2.05, 4.69) is 5.32 Å². The predicted octanol–water partition coefficient (Wildman–Crippen LogP) is 3.90. The number of esters is 1. The predicted molar refractivity (Wildman–Crippen MR) is 122 cm³/mol. The number of methoxy groups -OCH3 is 1. The molecule has 1 N–H and O–H groups in total. The minimum atomic E-state index is -4.50. The number of halogens is 3. The van der Waals surface area contributed by atoms with Gasteiger partial charge in [-0.05, 0) is 55.3 Å². The number of benzene rings is 2. The zero-order valence-corrected chi connectivity index (χ0v) is 19.6. The molecule has 0 unspecified atom stereocenters. The number of hydrogen-bond acceptors (Lipinski definition) is 6. The average molecular weight is 506 g/mol. The molecule has 0 aromatic heterocycles. The second-order valence-electron chi connectivity index (χ2n) is 8.69. The molecular formula is C25H25F3N2O6. The quantitative estimate of drug-likeness (QED) is 0.633. The number of amides is 2. The maximum atomic E-state index is 13.3. The van der Waals surface area contributed by atoms with Gasteiger partial charge in [0, 0.05) is 18.3 Å². The number of nitrogens with zero attached hydrogens (tertiary/aromatic N) is 1. The van der Waals surface area contributed by atoms with Crippen LogP contribution in [0.1, 0.15) is 45.5 Å². The van der Waals surface area contributed by atoms with Crippen molar-refractivity contribution in [1.29, 1.82) is 0 Å². The highest BCUT2D eigenvalue weighted by molar-refractivity contribution is 6.05. The topological polar surface area (TPSA) is 94.2 Å². The van der Waals surface area contributed by atoms with E-state index in [0.29, 0.717) is 24.3 Å². The third-order valence-corrected chi connectivity index (χ3v) is 6.37. The fraction of sp³-hybridized carbons (Fsp3) is 0.400. The van der Waals surface area contributed by atoms with Crippen LogP contribution in [0.25, 0.3) is 0 Å². The second-order valence-corrected chi connectivity index (χ2v) is 8.69. The molecule has 0 spiro atoms. The van der Waals surface area contributed by atoms with Gasteiger partial charge in [-0.3, -0.25) is 14.4 Å². The van der Waals surface area contributed by atoms with Crippen molar-refractivity contribution >= 4 is 23.5 Å². The van der Waals surface area contributed by atoms with Gasteiger partial charge in [-0.1, -0.05) is 0 Å². The van der Waals surface area contributed by atoms with E-state index in [4.69, 9.17) is 14.2 Å². The van der Waals surface area contributed by atoms with Crippen molar-refractivity contribution < 1.29 is 41.8 Å². The number of carbonyl (C=O) groups excluding carboxylic acids is 3. The van der Waals surface area contributed by atoms with E-state index in [-0.39, 0.29) is 48.2 Å². The molecule has 2 aromatic rings. The third-order valence-electron chi connectivity index (χ3n) is 6.37. The summed E-state index contributed by atoms with van der Waals surface area (Å²) in [7, 11) is 2.98. The first kappa shape index (κ1) is 25.5. The lowest BCUT2D eigenvalue weighted by atomic mass is 9.94. The minimum absolute atomic E-state index is 0.0399. The molecule has 36 heavy (non-hydrogen) atoms. The molecule has 0 radical (unpaired) electrons. The van der Waals surface area contributed by atoms with Crippen LogP contribution >= 0.6 is 0 Å². The Hall–Kier alpha value is -3.60. The summed E-state index contributed by atoms with van der Waals surface area (Å²) in [4.78, 5) is 39.0. The lowest BCUT2D eigenvalue weighted by Crippen LogP contribution is -2.53. The number of hydrogen-bond donors (Lipinski definition) is 1. The summed E-state index contributed by atoms with van der Waals surface area (Å²) < 4.78 is 54.9. The maximum absolute atomic E-state index is 13.3. The summed E-state index contributed by atoms with van der Waals surface area (Å²) >= 11 is 0. The smallest absolute Gasteiger partial charge is 0.416 e. The van der Waals surface area contributed by atoms with Gasteiger partial charge in [0.05, 0.1) is 36.8 Å². The van der Waals surface area contributed by atoms with Crippen LogP contribution in [0.4, 0.5) is 18.9 Å². The standard InChI is InChI=1S/C25H25F3N2O6/c1-30-19-9-8-17(12-22(31)34-2)36-21(19)13-35-20-10-7-16(11-18(20)24(30)33)29-23(32)14-3-5-15(6-4-14)25(26,27)28/h3-7,10-11,17,19,21H,8-9,12-13H2,1-2H3,(H,29,32)/t17-,19-,21+/m1/s1. The van der Waals surface area contributed by atoms with Gasteiger partial charge in [-0.2, -0.15) is 13.2 Å². The molecule has 1 fully saturated rings. The fourth-order valence-electron chi connectivity index (χ4n) is 4.39. The van der Waals surface area contributed by atoms with E-state index in [0.717, 1.165) is 24.3 Å². The lowest BCUT2D eigenvalue weighted by Gasteiger charge is -2.42. The van der Waals surface area contributed by atoms with Crippen molar-refractivity contribution in [2.75, 3.05) is 26.1 Å². The van der Waals surface area contributed by atoms with Crippen molar-refractivity contribution in [1.82, 2.24) is 4.90 Å². The van der Waals surface area contributed by atoms with Crippen molar-refractivity contribution in [2.45, 2.75) is 43.7 Å². The van der Waals surface area contributed by atoms with Crippen LogP contribution in [0.15, 0.2) is 42.5 Å². The number of anilines is 1. The molecule has 0 saturated carbocycles. The molecule has 2 aliphatic heterocycles. The number of nitrogens with one attached hydrogen (secondary N) is 1. The largest absolute Gasteiger partial charge is 0.490 e. The van der Waals surface area contributed by atoms with E-state index in [9.17, 15) is 27.6 Å². The lowest BCUT2D eigenvalue weighted by molar-refractivity contribution is -0.151. The van der Waals surface area contributed by atoms with Crippen LogP contribution in [-0.4, -0.2) is 61.7 Å². The molecule has 2 amide bonds. The Morgan fingerprint density at radius 3 is 2.53 bits per heavy atom. The molecular weight excluding hydrogens is 481 g/mol. The SMILES string of the molecule is COC(=O)C[C@H]1CC[C@@H]2[C@H](COc3ccc(NC(=O)c4ccc(C(F)(F)F)cc4)cc3C(=O)N2C)O1. The first-order valence-corrected chi connectivity index (χ1v) is 11.3. The summed E-state index contributed by atoms with van der Waals surface area (Å²) in [5.74, 6) is -1.02. The van der Waals surface area contributed by atoms with Gasteiger partial charge in [0.25, 0.3) is 11.8 Å². The van der Waals surface area contributed by atoms with Gasteiger partial charge in [-0.25, -0.2) is 0 Å². The molecule has 8 nitrogen and oxygen atoms in total. The van der Waals surface area contributed by atoms with Gasteiger partial charge >= 0.3 is 12.1 Å². The van der Waals surface area contributed by atoms with Gasteiger partial charge in [0.1, 0.15) is 18.5 Å². The van der Waals surface area contributed by atoms with Gasteiger partial charge < -0.3 is 24.4 Å². The number of alkyl halides is 3. The van der Waals surface area contributed by atoms with Crippen LogP contribution < -0.4 is 10.1 Å². The number of ether oxygens (including phenoxy) is 3. The molecule has 11 heteroatoms. The molecule has 0 bridgehead atoms. The van der Waals surface area contributed by atoms with E-state index < -0.39 is 23.8 Å². The number of likely N-dealkylation sites (N-methyl/N-ethyl adjacent to an activating group) is 1. The van der Waals surface area contributed by atoms with Crippen LogP contribution in [0, 0.1) is 0 Å². The molecule has 4 rings (SSSR count). The van der Waals surface area contributed by atoms with E-state index in [1.807, 2.05) is 0 Å². The number of rotatable bonds is 4. The highest BCUT2D eigenvalue weighted by Crippen LogP contribution is 2.33. The molecule has 2 aromatic carbocycles. The number of carbonyl (C=O) groups is 3. The molecule has 2 aliphatic rings. The molecule has 3 atom stereocenters. The zero-order valence-electron chi connectivity index (χ0n) is 19.6. The summed E-state index contributed by atoms with van der Waals surface area (Å²) in [5.41, 5.74) is -0.289. The minimum Gasteiger partial charge on any atom is -0.490 e. The Balaban J connectivity index is 1.49. The van der Waals surface area contributed by atoms with Crippen LogP contribution in [0.3, 0.4) is 0 Å². The monoisotopic (exact) mass is 506 g/mol. The van der Waals surface area contributed by atoms with Crippen molar-refractivity contribution in [3.8, 4) is 5.75 Å². The molecule has 192 valence electrons. The Morgan fingerprint density at radius 2 is 1.86 bits per heavy atom. The summed E-state index contributed by atoms with van der Waals surface area (Å²) in [6.45, 7) is 0.157. The highest BCUT2D eigenvalue weighted by atomic mass is 19.4.